The van der Waals surface area contributed by atoms with Crippen LogP contribution in [0.4, 0.5) is 0 Å². The normalized spacial score (nSPS) is 29.7. The van der Waals surface area contributed by atoms with Crippen molar-refractivity contribution in [1.29, 1.82) is 0 Å². The lowest BCUT2D eigenvalue weighted by atomic mass is 10.1. The molecule has 0 bridgehead atoms. The molecule has 0 radical (unpaired) electrons. The van der Waals surface area contributed by atoms with E-state index in [2.05, 4.69) is 11.9 Å². The lowest BCUT2D eigenvalue weighted by Gasteiger charge is -2.21. The first-order chi connectivity index (χ1) is 6.20. The van der Waals surface area contributed by atoms with Crippen LogP contribution in [0.2, 0.25) is 0 Å². The van der Waals surface area contributed by atoms with E-state index < -0.39 is 0 Å². The van der Waals surface area contributed by atoms with Crippen molar-refractivity contribution in [3.05, 3.63) is 12.2 Å². The molecule has 1 aliphatic carbocycles. The molecule has 2 N–H and O–H groups in total. The number of rotatable bonds is 3. The van der Waals surface area contributed by atoms with Gasteiger partial charge in [0.2, 0.25) is 0 Å². The Balaban J connectivity index is 2.31. The maximum Gasteiger partial charge on any atom is 0.0693 e. The van der Waals surface area contributed by atoms with E-state index in [1.165, 1.54) is 19.3 Å². The first kappa shape index (κ1) is 10.7. The number of hydrogen-bond donors (Lipinski definition) is 2. The van der Waals surface area contributed by atoms with Gasteiger partial charge in [-0.15, -0.1) is 0 Å². The molecular weight excluding hydrogens is 162 g/mol. The Kier molecular flexibility index (Phi) is 4.46. The predicted octanol–water partition coefficient (Wildman–Crippen LogP) is 1.85. The predicted molar refractivity (Wildman–Crippen MR) is 55.7 cm³/mol. The summed E-state index contributed by atoms with van der Waals surface area (Å²) in [4.78, 5) is 0. The second-order valence-electron chi connectivity index (χ2n) is 4.15. The maximum absolute atomic E-state index is 9.77. The van der Waals surface area contributed by atoms with Gasteiger partial charge in [0.25, 0.3) is 0 Å². The van der Waals surface area contributed by atoms with E-state index >= 15 is 0 Å². The van der Waals surface area contributed by atoms with E-state index in [4.69, 9.17) is 0 Å². The topological polar surface area (TPSA) is 32.3 Å². The second kappa shape index (κ2) is 5.40. The Morgan fingerprint density at radius 1 is 1.38 bits per heavy atom. The summed E-state index contributed by atoms with van der Waals surface area (Å²) in [6, 6.07) is 0.291. The molecular formula is C11H21NO. The molecule has 13 heavy (non-hydrogen) atoms. The Morgan fingerprint density at radius 2 is 2.08 bits per heavy atom. The molecule has 1 fully saturated rings. The van der Waals surface area contributed by atoms with Crippen molar-refractivity contribution >= 4 is 0 Å². The Morgan fingerprint density at radius 3 is 2.77 bits per heavy atom. The van der Waals surface area contributed by atoms with Crippen LogP contribution in [-0.4, -0.2) is 23.8 Å². The van der Waals surface area contributed by atoms with Crippen molar-refractivity contribution in [2.45, 2.75) is 51.2 Å². The summed E-state index contributed by atoms with van der Waals surface area (Å²) in [5, 5.41) is 13.1. The van der Waals surface area contributed by atoms with Crippen LogP contribution in [0.25, 0.3) is 0 Å². The fraction of sp³-hybridized carbons (Fsp3) is 0.818. The van der Waals surface area contributed by atoms with Crippen molar-refractivity contribution < 1.29 is 5.11 Å². The lowest BCUT2D eigenvalue weighted by molar-refractivity contribution is 0.121. The highest BCUT2D eigenvalue weighted by Crippen LogP contribution is 2.17. The second-order valence-corrected chi connectivity index (χ2v) is 4.15. The Hall–Kier alpha value is -0.340. The Labute approximate surface area is 81.0 Å². The molecule has 0 aromatic carbocycles. The molecule has 1 rings (SSSR count). The molecule has 2 nitrogen and oxygen atoms in total. The van der Waals surface area contributed by atoms with E-state index in [0.29, 0.717) is 6.04 Å². The number of aliphatic hydroxyl groups is 1. The summed E-state index contributed by atoms with van der Waals surface area (Å²) in [5.41, 5.74) is 1.14. The zero-order valence-corrected chi connectivity index (χ0v) is 8.55. The van der Waals surface area contributed by atoms with Gasteiger partial charge >= 0.3 is 0 Å². The minimum absolute atomic E-state index is 0.151. The van der Waals surface area contributed by atoms with Crippen molar-refractivity contribution in [3.63, 3.8) is 0 Å². The van der Waals surface area contributed by atoms with Gasteiger partial charge in [0, 0.05) is 12.6 Å². The van der Waals surface area contributed by atoms with Crippen molar-refractivity contribution in [1.82, 2.24) is 5.32 Å². The van der Waals surface area contributed by atoms with Gasteiger partial charge < -0.3 is 10.4 Å². The summed E-state index contributed by atoms with van der Waals surface area (Å²) >= 11 is 0. The van der Waals surface area contributed by atoms with Gasteiger partial charge in [-0.25, -0.2) is 0 Å². The number of aliphatic hydroxyl groups excluding tert-OH is 1. The summed E-state index contributed by atoms with van der Waals surface area (Å²) < 4.78 is 0. The summed E-state index contributed by atoms with van der Waals surface area (Å²) in [6.45, 7) is 6.69. The summed E-state index contributed by atoms with van der Waals surface area (Å²) in [7, 11) is 0. The monoisotopic (exact) mass is 183 g/mol. The third kappa shape index (κ3) is 3.92. The number of hydrogen-bond acceptors (Lipinski definition) is 2. The zero-order chi connectivity index (χ0) is 9.68. The summed E-state index contributed by atoms with van der Waals surface area (Å²) in [6.07, 6.45) is 5.59. The standard InChI is InChI=1S/C11H21NO/c1-9(2)8-12-10-6-4-3-5-7-11(10)13/h10-13H,1,3-8H2,2H3. The first-order valence-corrected chi connectivity index (χ1v) is 5.26. The third-order valence-electron chi connectivity index (χ3n) is 2.65. The highest BCUT2D eigenvalue weighted by atomic mass is 16.3. The zero-order valence-electron chi connectivity index (χ0n) is 8.55. The number of nitrogens with one attached hydrogen (secondary N) is 1. The van der Waals surface area contributed by atoms with E-state index in [1.54, 1.807) is 0 Å². The molecule has 1 saturated carbocycles. The molecule has 0 aliphatic heterocycles. The van der Waals surface area contributed by atoms with Crippen molar-refractivity contribution in [2.75, 3.05) is 6.54 Å². The van der Waals surface area contributed by atoms with Crippen LogP contribution in [0.1, 0.15) is 39.0 Å². The molecule has 0 spiro atoms. The van der Waals surface area contributed by atoms with E-state index in [1.807, 2.05) is 6.92 Å². The minimum Gasteiger partial charge on any atom is -0.392 e. The van der Waals surface area contributed by atoms with Gasteiger partial charge in [0.1, 0.15) is 0 Å². The van der Waals surface area contributed by atoms with Gasteiger partial charge in [0.05, 0.1) is 6.10 Å². The average Bonchev–Trinajstić information content (AvgIpc) is 2.27. The van der Waals surface area contributed by atoms with Gasteiger partial charge in [-0.1, -0.05) is 31.4 Å². The molecule has 0 aromatic rings. The molecule has 2 heteroatoms. The van der Waals surface area contributed by atoms with E-state index in [0.717, 1.165) is 25.0 Å². The lowest BCUT2D eigenvalue weighted by Crippen LogP contribution is -2.39. The van der Waals surface area contributed by atoms with Crippen LogP contribution >= 0.6 is 0 Å². The van der Waals surface area contributed by atoms with Gasteiger partial charge in [-0.3, -0.25) is 0 Å². The van der Waals surface area contributed by atoms with Gasteiger partial charge in [0.15, 0.2) is 0 Å². The quantitative estimate of drug-likeness (QED) is 0.517. The average molecular weight is 183 g/mol. The van der Waals surface area contributed by atoms with Crippen LogP contribution in [0.3, 0.4) is 0 Å². The van der Waals surface area contributed by atoms with Crippen LogP contribution in [0.15, 0.2) is 12.2 Å². The molecule has 1 aliphatic rings. The molecule has 0 heterocycles. The third-order valence-corrected chi connectivity index (χ3v) is 2.65. The van der Waals surface area contributed by atoms with Gasteiger partial charge in [-0.2, -0.15) is 0 Å². The van der Waals surface area contributed by atoms with E-state index in [-0.39, 0.29) is 6.10 Å². The molecule has 2 unspecified atom stereocenters. The largest absolute Gasteiger partial charge is 0.392 e. The molecule has 2 atom stereocenters. The highest BCUT2D eigenvalue weighted by molar-refractivity contribution is 4.93. The van der Waals surface area contributed by atoms with Crippen molar-refractivity contribution in [2.24, 2.45) is 0 Å². The summed E-state index contributed by atoms with van der Waals surface area (Å²) in [5.74, 6) is 0. The fourth-order valence-electron chi connectivity index (χ4n) is 1.83. The molecule has 76 valence electrons. The van der Waals surface area contributed by atoms with Crippen molar-refractivity contribution in [3.8, 4) is 0 Å². The van der Waals surface area contributed by atoms with Crippen LogP contribution in [-0.2, 0) is 0 Å². The maximum atomic E-state index is 9.77. The van der Waals surface area contributed by atoms with Gasteiger partial charge in [-0.05, 0) is 19.8 Å². The highest BCUT2D eigenvalue weighted by Gasteiger charge is 2.20. The SMILES string of the molecule is C=C(C)CNC1CCCCCC1O. The first-order valence-electron chi connectivity index (χ1n) is 5.26. The van der Waals surface area contributed by atoms with Crippen LogP contribution in [0, 0.1) is 0 Å². The fourth-order valence-corrected chi connectivity index (χ4v) is 1.83. The molecule has 0 aromatic heterocycles. The minimum atomic E-state index is -0.151. The Bertz CT molecular complexity index is 167. The molecule has 0 saturated heterocycles. The van der Waals surface area contributed by atoms with E-state index in [9.17, 15) is 5.11 Å². The van der Waals surface area contributed by atoms with Crippen LogP contribution in [0.5, 0.6) is 0 Å². The van der Waals surface area contributed by atoms with Crippen LogP contribution < -0.4 is 5.32 Å². The molecule has 0 amide bonds. The smallest absolute Gasteiger partial charge is 0.0693 e.